The van der Waals surface area contributed by atoms with Crippen LogP contribution in [0, 0.1) is 5.82 Å². The molecule has 0 atom stereocenters. The van der Waals surface area contributed by atoms with Crippen molar-refractivity contribution < 1.29 is 13.9 Å². The van der Waals surface area contributed by atoms with Crippen LogP contribution < -0.4 is 0 Å². The van der Waals surface area contributed by atoms with Crippen LogP contribution in [0.5, 0.6) is 0 Å². The monoisotopic (exact) mass is 405 g/mol. The fourth-order valence-corrected chi connectivity index (χ4v) is 3.40. The van der Waals surface area contributed by atoms with Crippen LogP contribution in [0.15, 0.2) is 53.7 Å². The first kappa shape index (κ1) is 19.4. The molecule has 0 aliphatic carbocycles. The second-order valence-electron chi connectivity index (χ2n) is 5.90. The van der Waals surface area contributed by atoms with Crippen LogP contribution in [0.3, 0.4) is 0 Å². The summed E-state index contributed by atoms with van der Waals surface area (Å²) in [6, 6.07) is 13.4. The molecule has 0 radical (unpaired) electrons. The molecule has 0 bridgehead atoms. The summed E-state index contributed by atoms with van der Waals surface area (Å²) in [5.74, 6) is -0.382. The summed E-state index contributed by atoms with van der Waals surface area (Å²) in [7, 11) is 0. The van der Waals surface area contributed by atoms with E-state index in [1.54, 1.807) is 54.8 Å². The summed E-state index contributed by atoms with van der Waals surface area (Å²) in [6.45, 7) is 3.56. The summed E-state index contributed by atoms with van der Waals surface area (Å²) in [5, 5.41) is 9.18. The average Bonchev–Trinajstić information content (AvgIpc) is 3.04. The zero-order chi connectivity index (χ0) is 19.4. The first-order valence-corrected chi connectivity index (χ1v) is 9.61. The number of carbonyl (C=O) groups is 1. The normalized spacial score (nSPS) is 11.0. The van der Waals surface area contributed by atoms with Gasteiger partial charge in [0.15, 0.2) is 11.0 Å². The predicted molar refractivity (Wildman–Crippen MR) is 104 cm³/mol. The molecule has 0 aliphatic rings. The number of benzene rings is 2. The number of rotatable bonds is 6. The fourth-order valence-electron chi connectivity index (χ4n) is 2.45. The zero-order valence-corrected chi connectivity index (χ0v) is 16.3. The highest BCUT2D eigenvalue weighted by Gasteiger charge is 2.21. The number of para-hydroxylation sites is 1. The molecule has 1 aromatic heterocycles. The van der Waals surface area contributed by atoms with Crippen molar-refractivity contribution in [1.29, 1.82) is 0 Å². The Morgan fingerprint density at radius 3 is 2.59 bits per heavy atom. The minimum absolute atomic E-state index is 0.0350. The molecule has 8 heteroatoms. The average molecular weight is 406 g/mol. The molecule has 3 aromatic rings. The molecule has 0 fully saturated rings. The van der Waals surface area contributed by atoms with Crippen molar-refractivity contribution in [3.05, 3.63) is 59.4 Å². The van der Waals surface area contributed by atoms with E-state index in [9.17, 15) is 9.18 Å². The number of carbonyl (C=O) groups excluding carboxylic acids is 1. The Hall–Kier alpha value is -2.38. The van der Waals surface area contributed by atoms with Gasteiger partial charge in [0, 0.05) is 5.56 Å². The lowest BCUT2D eigenvalue weighted by Crippen LogP contribution is -2.13. The van der Waals surface area contributed by atoms with E-state index in [4.69, 9.17) is 16.3 Å². The van der Waals surface area contributed by atoms with Gasteiger partial charge in [-0.25, -0.2) is 4.39 Å². The second kappa shape index (κ2) is 8.54. The lowest BCUT2D eigenvalue weighted by Gasteiger charge is -2.12. The summed E-state index contributed by atoms with van der Waals surface area (Å²) in [5.41, 5.74) is 0.892. The maximum atomic E-state index is 14.5. The zero-order valence-electron chi connectivity index (χ0n) is 14.7. The Kier molecular flexibility index (Phi) is 6.13. The van der Waals surface area contributed by atoms with Crippen LogP contribution in [0.1, 0.15) is 13.8 Å². The molecule has 0 N–H and O–H groups in total. The summed E-state index contributed by atoms with van der Waals surface area (Å²) < 4.78 is 21.2. The minimum atomic E-state index is -0.433. The van der Waals surface area contributed by atoms with Crippen molar-refractivity contribution in [3.8, 4) is 17.1 Å². The van der Waals surface area contributed by atoms with Gasteiger partial charge in [0.25, 0.3) is 0 Å². The van der Waals surface area contributed by atoms with Crippen molar-refractivity contribution in [1.82, 2.24) is 14.8 Å². The van der Waals surface area contributed by atoms with E-state index in [1.165, 1.54) is 6.07 Å². The van der Waals surface area contributed by atoms with E-state index in [-0.39, 0.29) is 23.5 Å². The van der Waals surface area contributed by atoms with Gasteiger partial charge in [0.05, 0.1) is 22.6 Å². The molecular weight excluding hydrogens is 389 g/mol. The van der Waals surface area contributed by atoms with Gasteiger partial charge in [-0.15, -0.1) is 10.2 Å². The predicted octanol–water partition coefficient (Wildman–Crippen LogP) is 4.77. The van der Waals surface area contributed by atoms with Crippen molar-refractivity contribution in [2.45, 2.75) is 25.1 Å². The topological polar surface area (TPSA) is 57.0 Å². The molecule has 0 amide bonds. The molecule has 2 aromatic carbocycles. The van der Waals surface area contributed by atoms with E-state index in [0.717, 1.165) is 11.8 Å². The number of halogens is 2. The van der Waals surface area contributed by atoms with Gasteiger partial charge in [-0.05, 0) is 38.1 Å². The summed E-state index contributed by atoms with van der Waals surface area (Å²) in [6.07, 6.45) is -0.207. The molecular formula is C19H17ClFN3O2S. The molecule has 0 saturated carbocycles. The highest BCUT2D eigenvalue weighted by molar-refractivity contribution is 7.99. The van der Waals surface area contributed by atoms with Crippen molar-refractivity contribution in [2.24, 2.45) is 0 Å². The first-order chi connectivity index (χ1) is 13.0. The Morgan fingerprint density at radius 2 is 1.89 bits per heavy atom. The number of esters is 1. The Labute approximate surface area is 165 Å². The lowest BCUT2D eigenvalue weighted by molar-refractivity contribution is -0.144. The molecule has 0 aliphatic heterocycles. The highest BCUT2D eigenvalue weighted by Crippen LogP contribution is 2.32. The van der Waals surface area contributed by atoms with Gasteiger partial charge in [-0.2, -0.15) is 0 Å². The molecule has 0 saturated heterocycles. The molecule has 140 valence electrons. The van der Waals surface area contributed by atoms with E-state index < -0.39 is 5.82 Å². The maximum absolute atomic E-state index is 14.5. The molecule has 27 heavy (non-hydrogen) atoms. The number of hydrogen-bond acceptors (Lipinski definition) is 5. The number of ether oxygens (including phenoxy) is 1. The summed E-state index contributed by atoms with van der Waals surface area (Å²) >= 11 is 7.42. The van der Waals surface area contributed by atoms with Gasteiger partial charge in [-0.1, -0.05) is 47.6 Å². The molecule has 0 spiro atoms. The Morgan fingerprint density at radius 1 is 1.19 bits per heavy atom. The molecule has 0 unspecified atom stereocenters. The van der Waals surface area contributed by atoms with Crippen LogP contribution in [0.2, 0.25) is 5.02 Å². The second-order valence-corrected chi connectivity index (χ2v) is 7.25. The minimum Gasteiger partial charge on any atom is -0.462 e. The van der Waals surface area contributed by atoms with Gasteiger partial charge in [0.2, 0.25) is 0 Å². The quantitative estimate of drug-likeness (QED) is 0.436. The van der Waals surface area contributed by atoms with E-state index >= 15 is 0 Å². The lowest BCUT2D eigenvalue weighted by atomic mass is 10.2. The largest absolute Gasteiger partial charge is 0.462 e. The number of hydrogen-bond donors (Lipinski definition) is 0. The standard InChI is InChI=1S/C19H17ClFN3O2S/c1-12(2)26-17(25)11-27-19-23-22-18(13-7-3-4-8-14(13)20)24(19)16-10-6-5-9-15(16)21/h3-10,12H,11H2,1-2H3. The molecule has 5 nitrogen and oxygen atoms in total. The van der Waals surface area contributed by atoms with Gasteiger partial charge < -0.3 is 4.74 Å². The van der Waals surface area contributed by atoms with Crippen LogP contribution in [-0.4, -0.2) is 32.6 Å². The van der Waals surface area contributed by atoms with E-state index in [2.05, 4.69) is 10.2 Å². The van der Waals surface area contributed by atoms with E-state index in [0.29, 0.717) is 21.6 Å². The highest BCUT2D eigenvalue weighted by atomic mass is 35.5. The maximum Gasteiger partial charge on any atom is 0.316 e. The smallest absolute Gasteiger partial charge is 0.316 e. The summed E-state index contributed by atoms with van der Waals surface area (Å²) in [4.78, 5) is 11.9. The van der Waals surface area contributed by atoms with Gasteiger partial charge >= 0.3 is 5.97 Å². The van der Waals surface area contributed by atoms with Crippen molar-refractivity contribution >= 4 is 29.3 Å². The fraction of sp³-hybridized carbons (Fsp3) is 0.211. The van der Waals surface area contributed by atoms with Gasteiger partial charge in [-0.3, -0.25) is 9.36 Å². The van der Waals surface area contributed by atoms with Crippen LogP contribution >= 0.6 is 23.4 Å². The Balaban J connectivity index is 2.03. The van der Waals surface area contributed by atoms with Gasteiger partial charge in [0.1, 0.15) is 5.82 Å². The van der Waals surface area contributed by atoms with Crippen LogP contribution in [0.25, 0.3) is 17.1 Å². The molecule has 1 heterocycles. The van der Waals surface area contributed by atoms with Crippen LogP contribution in [-0.2, 0) is 9.53 Å². The SMILES string of the molecule is CC(C)OC(=O)CSc1nnc(-c2ccccc2Cl)n1-c1ccccc1F. The third-order valence-electron chi connectivity index (χ3n) is 3.53. The number of nitrogens with zero attached hydrogens (tertiary/aromatic N) is 3. The van der Waals surface area contributed by atoms with E-state index in [1.807, 2.05) is 6.07 Å². The third-order valence-corrected chi connectivity index (χ3v) is 4.76. The first-order valence-electron chi connectivity index (χ1n) is 8.25. The van der Waals surface area contributed by atoms with Crippen LogP contribution in [0.4, 0.5) is 4.39 Å². The third kappa shape index (κ3) is 4.48. The van der Waals surface area contributed by atoms with Crippen molar-refractivity contribution in [2.75, 3.05) is 5.75 Å². The Bertz CT molecular complexity index is 962. The van der Waals surface area contributed by atoms with Crippen molar-refractivity contribution in [3.63, 3.8) is 0 Å². The number of aromatic nitrogens is 3. The number of thioether (sulfide) groups is 1. The molecule has 3 rings (SSSR count).